The number of rotatable bonds is 4. The van der Waals surface area contributed by atoms with Crippen molar-refractivity contribution in [3.63, 3.8) is 0 Å². The Bertz CT molecular complexity index is 939. The molecule has 0 aliphatic carbocycles. The van der Waals surface area contributed by atoms with Crippen LogP contribution in [0.25, 0.3) is 0 Å². The lowest BCUT2D eigenvalue weighted by atomic mass is 10.1. The number of hydrogen-bond donors (Lipinski definition) is 1. The Labute approximate surface area is 155 Å². The van der Waals surface area contributed by atoms with Gasteiger partial charge >= 0.3 is 0 Å². The molecule has 0 saturated carbocycles. The maximum absolute atomic E-state index is 12.8. The fourth-order valence-corrected chi connectivity index (χ4v) is 2.96. The summed E-state index contributed by atoms with van der Waals surface area (Å²) in [5, 5.41) is 28.4. The number of benzene rings is 1. The van der Waals surface area contributed by atoms with Crippen molar-refractivity contribution in [2.45, 2.75) is 32.4 Å². The molecule has 2 heterocycles. The lowest BCUT2D eigenvalue weighted by Gasteiger charge is -2.16. The highest BCUT2D eigenvalue weighted by molar-refractivity contribution is 6.30. The summed E-state index contributed by atoms with van der Waals surface area (Å²) >= 11 is 5.84. The number of ether oxygens (including phenoxy) is 1. The normalized spacial score (nSPS) is 16.9. The van der Waals surface area contributed by atoms with Gasteiger partial charge in [-0.15, -0.1) is 5.11 Å². The SMILES string of the molecule is Cc1c(C#N)c(O)n(CC2CCCO2)c(=O)c1N=Nc1ccc(Cl)cc1. The number of hydrogen-bond acceptors (Lipinski definition) is 6. The van der Waals surface area contributed by atoms with Crippen LogP contribution in [0.3, 0.4) is 0 Å². The van der Waals surface area contributed by atoms with E-state index in [1.165, 1.54) is 0 Å². The second-order valence-electron chi connectivity index (χ2n) is 6.01. The van der Waals surface area contributed by atoms with Crippen LogP contribution in [0.15, 0.2) is 39.3 Å². The van der Waals surface area contributed by atoms with Gasteiger partial charge in [0.25, 0.3) is 5.56 Å². The van der Waals surface area contributed by atoms with Gasteiger partial charge in [-0.25, -0.2) is 0 Å². The van der Waals surface area contributed by atoms with Gasteiger partial charge in [-0.1, -0.05) is 11.6 Å². The molecule has 1 atom stereocenters. The van der Waals surface area contributed by atoms with Crippen LogP contribution in [-0.4, -0.2) is 22.4 Å². The first-order valence-corrected chi connectivity index (χ1v) is 8.54. The highest BCUT2D eigenvalue weighted by Gasteiger charge is 2.23. The van der Waals surface area contributed by atoms with Gasteiger partial charge in [0.05, 0.1) is 18.3 Å². The second-order valence-corrected chi connectivity index (χ2v) is 6.45. The van der Waals surface area contributed by atoms with E-state index in [0.29, 0.717) is 17.3 Å². The molecule has 0 bridgehead atoms. The smallest absolute Gasteiger partial charge is 0.281 e. The van der Waals surface area contributed by atoms with Crippen LogP contribution < -0.4 is 5.56 Å². The number of nitrogens with zero attached hydrogens (tertiary/aromatic N) is 4. The summed E-state index contributed by atoms with van der Waals surface area (Å²) in [5.41, 5.74) is 0.328. The molecule has 0 amide bonds. The van der Waals surface area contributed by atoms with E-state index in [4.69, 9.17) is 16.3 Å². The molecule has 26 heavy (non-hydrogen) atoms. The quantitative estimate of drug-likeness (QED) is 0.820. The zero-order valence-electron chi connectivity index (χ0n) is 14.1. The van der Waals surface area contributed by atoms with E-state index < -0.39 is 5.56 Å². The summed E-state index contributed by atoms with van der Waals surface area (Å²) in [5.74, 6) is -0.365. The summed E-state index contributed by atoms with van der Waals surface area (Å²) in [7, 11) is 0. The molecule has 8 heteroatoms. The Kier molecular flexibility index (Phi) is 5.35. The van der Waals surface area contributed by atoms with Crippen LogP contribution in [0.5, 0.6) is 5.88 Å². The molecule has 1 fully saturated rings. The molecule has 1 aromatic carbocycles. The van der Waals surface area contributed by atoms with Gasteiger partial charge in [-0.2, -0.15) is 10.4 Å². The summed E-state index contributed by atoms with van der Waals surface area (Å²) in [4.78, 5) is 12.8. The standard InChI is InChI=1S/C18H17ClN4O3/c1-11-15(9-20)17(24)23(10-14-3-2-8-26-14)18(25)16(11)22-21-13-6-4-12(19)5-7-13/h4-7,14,24H,2-3,8,10H2,1H3. The molecule has 0 radical (unpaired) electrons. The number of nitriles is 1. The molecule has 1 saturated heterocycles. The molecule has 2 aromatic rings. The summed E-state index contributed by atoms with van der Waals surface area (Å²) in [6.07, 6.45) is 1.53. The lowest BCUT2D eigenvalue weighted by molar-refractivity contribution is 0.0939. The predicted octanol–water partition coefficient (Wildman–Crippen LogP) is 3.98. The highest BCUT2D eigenvalue weighted by atomic mass is 35.5. The maximum Gasteiger partial charge on any atom is 0.281 e. The van der Waals surface area contributed by atoms with Crippen molar-refractivity contribution in [1.29, 1.82) is 5.26 Å². The third-order valence-electron chi connectivity index (χ3n) is 4.27. The molecule has 1 aliphatic rings. The third kappa shape index (κ3) is 3.62. The van der Waals surface area contributed by atoms with E-state index in [9.17, 15) is 15.2 Å². The van der Waals surface area contributed by atoms with Gasteiger partial charge in [0.15, 0.2) is 5.69 Å². The molecule has 134 valence electrons. The van der Waals surface area contributed by atoms with E-state index in [0.717, 1.165) is 17.4 Å². The van der Waals surface area contributed by atoms with Gasteiger partial charge in [-0.3, -0.25) is 9.36 Å². The molecule has 1 N–H and O–H groups in total. The Hall–Kier alpha value is -2.69. The monoisotopic (exact) mass is 372 g/mol. The summed E-state index contributed by atoms with van der Waals surface area (Å²) in [6, 6.07) is 8.59. The van der Waals surface area contributed by atoms with E-state index in [-0.39, 0.29) is 35.3 Å². The second kappa shape index (κ2) is 7.68. The minimum Gasteiger partial charge on any atom is -0.493 e. The Morgan fingerprint density at radius 2 is 2.12 bits per heavy atom. The van der Waals surface area contributed by atoms with E-state index in [1.807, 2.05) is 6.07 Å². The van der Waals surface area contributed by atoms with Gasteiger partial charge in [-0.05, 0) is 44.0 Å². The maximum atomic E-state index is 12.8. The lowest BCUT2D eigenvalue weighted by Crippen LogP contribution is -2.27. The average molecular weight is 373 g/mol. The van der Waals surface area contributed by atoms with Crippen LogP contribution in [0, 0.1) is 18.3 Å². The first kappa shape index (κ1) is 18.1. The van der Waals surface area contributed by atoms with Gasteiger partial charge < -0.3 is 9.84 Å². The molecule has 3 rings (SSSR count). The molecule has 0 spiro atoms. The summed E-state index contributed by atoms with van der Waals surface area (Å²) < 4.78 is 6.67. The Morgan fingerprint density at radius 3 is 2.73 bits per heavy atom. The fraction of sp³-hybridized carbons (Fsp3) is 0.333. The van der Waals surface area contributed by atoms with Crippen LogP contribution in [0.2, 0.25) is 5.02 Å². The molecular weight excluding hydrogens is 356 g/mol. The van der Waals surface area contributed by atoms with Crippen molar-refractivity contribution in [2.24, 2.45) is 10.2 Å². The number of aromatic nitrogens is 1. The van der Waals surface area contributed by atoms with Gasteiger partial charge in [0.1, 0.15) is 11.6 Å². The van der Waals surface area contributed by atoms with Crippen molar-refractivity contribution >= 4 is 23.0 Å². The number of halogens is 1. The van der Waals surface area contributed by atoms with Gasteiger partial charge in [0, 0.05) is 17.2 Å². The molecule has 1 aliphatic heterocycles. The van der Waals surface area contributed by atoms with E-state index in [1.54, 1.807) is 31.2 Å². The van der Waals surface area contributed by atoms with Gasteiger partial charge in [0.2, 0.25) is 5.88 Å². The van der Waals surface area contributed by atoms with Crippen molar-refractivity contribution in [3.05, 3.63) is 50.8 Å². The van der Waals surface area contributed by atoms with E-state index >= 15 is 0 Å². The van der Waals surface area contributed by atoms with Crippen molar-refractivity contribution in [3.8, 4) is 11.9 Å². The van der Waals surface area contributed by atoms with E-state index in [2.05, 4.69) is 10.2 Å². The Balaban J connectivity index is 2.04. The highest BCUT2D eigenvalue weighted by Crippen LogP contribution is 2.28. The van der Waals surface area contributed by atoms with Crippen molar-refractivity contribution < 1.29 is 9.84 Å². The number of azo groups is 1. The molecule has 1 aromatic heterocycles. The zero-order valence-corrected chi connectivity index (χ0v) is 14.9. The molecular formula is C18H17ClN4O3. The predicted molar refractivity (Wildman–Crippen MR) is 96.4 cm³/mol. The minimum absolute atomic E-state index is 0.00709. The summed E-state index contributed by atoms with van der Waals surface area (Å²) in [6.45, 7) is 2.36. The van der Waals surface area contributed by atoms with Crippen LogP contribution in [0.1, 0.15) is 24.0 Å². The molecule has 1 unspecified atom stereocenters. The van der Waals surface area contributed by atoms with Crippen molar-refractivity contribution in [2.75, 3.05) is 6.61 Å². The zero-order chi connectivity index (χ0) is 18.7. The molecule has 7 nitrogen and oxygen atoms in total. The third-order valence-corrected chi connectivity index (χ3v) is 4.52. The topological polar surface area (TPSA) is 100.0 Å². The fourth-order valence-electron chi connectivity index (χ4n) is 2.83. The largest absolute Gasteiger partial charge is 0.493 e. The number of pyridine rings is 1. The minimum atomic E-state index is -0.507. The van der Waals surface area contributed by atoms with Crippen LogP contribution in [0.4, 0.5) is 11.4 Å². The first-order chi connectivity index (χ1) is 12.5. The first-order valence-electron chi connectivity index (χ1n) is 8.16. The average Bonchev–Trinajstić information content (AvgIpc) is 3.14. The Morgan fingerprint density at radius 1 is 1.38 bits per heavy atom. The van der Waals surface area contributed by atoms with Crippen LogP contribution in [-0.2, 0) is 11.3 Å². The van der Waals surface area contributed by atoms with Crippen LogP contribution >= 0.6 is 11.6 Å². The number of aromatic hydroxyl groups is 1. The van der Waals surface area contributed by atoms with Crippen molar-refractivity contribution in [1.82, 2.24) is 4.57 Å².